The Morgan fingerprint density at radius 1 is 1.48 bits per heavy atom. The molecule has 0 aromatic rings. The van der Waals surface area contributed by atoms with Crippen LogP contribution in [0.5, 0.6) is 0 Å². The Balaban J connectivity index is 2.49. The standard InChI is InChI=1S/C15H28N2O3S/c1-4-15(2,21-3)11-10-13(19)17(14(11)20)9-7-5-6-8-12(16)18/h11,14,20H,4-10H2,1-3H3,(H2,16,18). The maximum absolute atomic E-state index is 12.1. The fourth-order valence-electron chi connectivity index (χ4n) is 2.88. The normalized spacial score (nSPS) is 25.1. The molecule has 0 spiro atoms. The van der Waals surface area contributed by atoms with Gasteiger partial charge in [-0.3, -0.25) is 9.59 Å². The summed E-state index contributed by atoms with van der Waals surface area (Å²) < 4.78 is -0.0736. The number of carbonyl (C=O) groups is 2. The molecule has 21 heavy (non-hydrogen) atoms. The molecule has 6 heteroatoms. The number of aliphatic hydroxyl groups excluding tert-OH is 1. The smallest absolute Gasteiger partial charge is 0.225 e. The number of amides is 2. The zero-order chi connectivity index (χ0) is 16.0. The topological polar surface area (TPSA) is 83.6 Å². The summed E-state index contributed by atoms with van der Waals surface area (Å²) in [5.41, 5.74) is 5.09. The predicted octanol–water partition coefficient (Wildman–Crippen LogP) is 1.73. The van der Waals surface area contributed by atoms with Crippen molar-refractivity contribution in [1.29, 1.82) is 0 Å². The van der Waals surface area contributed by atoms with Crippen LogP contribution in [0, 0.1) is 5.92 Å². The third-order valence-electron chi connectivity index (χ3n) is 4.67. The van der Waals surface area contributed by atoms with Gasteiger partial charge in [0.2, 0.25) is 11.8 Å². The van der Waals surface area contributed by atoms with Crippen LogP contribution < -0.4 is 5.73 Å². The molecule has 0 aromatic carbocycles. The van der Waals surface area contributed by atoms with Crippen molar-refractivity contribution in [2.24, 2.45) is 11.7 Å². The van der Waals surface area contributed by atoms with E-state index in [9.17, 15) is 14.7 Å². The second-order valence-electron chi connectivity index (χ2n) is 5.96. The van der Waals surface area contributed by atoms with Crippen molar-refractivity contribution in [3.63, 3.8) is 0 Å². The van der Waals surface area contributed by atoms with Gasteiger partial charge in [-0.15, -0.1) is 0 Å². The molecule has 5 nitrogen and oxygen atoms in total. The quantitative estimate of drug-likeness (QED) is 0.635. The Labute approximate surface area is 131 Å². The number of nitrogens with two attached hydrogens (primary N) is 1. The van der Waals surface area contributed by atoms with Gasteiger partial charge < -0.3 is 15.7 Å². The van der Waals surface area contributed by atoms with E-state index in [1.54, 1.807) is 16.7 Å². The van der Waals surface area contributed by atoms with Gasteiger partial charge in [0.1, 0.15) is 6.23 Å². The lowest BCUT2D eigenvalue weighted by Crippen LogP contribution is -2.42. The van der Waals surface area contributed by atoms with Crippen molar-refractivity contribution in [3.8, 4) is 0 Å². The molecule has 0 aromatic heterocycles. The van der Waals surface area contributed by atoms with E-state index in [0.717, 1.165) is 25.7 Å². The summed E-state index contributed by atoms with van der Waals surface area (Å²) in [6.45, 7) is 4.78. The number of likely N-dealkylation sites (tertiary alicyclic amines) is 1. The molecule has 122 valence electrons. The monoisotopic (exact) mass is 316 g/mol. The van der Waals surface area contributed by atoms with Gasteiger partial charge in [0.15, 0.2) is 0 Å². The average molecular weight is 316 g/mol. The SMILES string of the molecule is CCC(C)(SC)C1CC(=O)N(CCCCCC(N)=O)C1O. The third kappa shape index (κ3) is 4.61. The van der Waals surface area contributed by atoms with Crippen LogP contribution in [0.1, 0.15) is 52.4 Å². The second kappa shape index (κ2) is 8.03. The van der Waals surface area contributed by atoms with Crippen molar-refractivity contribution >= 4 is 23.6 Å². The summed E-state index contributed by atoms with van der Waals surface area (Å²) >= 11 is 1.72. The van der Waals surface area contributed by atoms with Crippen LogP contribution in [-0.4, -0.2) is 45.6 Å². The summed E-state index contributed by atoms with van der Waals surface area (Å²) in [7, 11) is 0. The molecular weight excluding hydrogens is 288 g/mol. The van der Waals surface area contributed by atoms with Crippen LogP contribution in [0.25, 0.3) is 0 Å². The number of nitrogens with zero attached hydrogens (tertiary/aromatic N) is 1. The Morgan fingerprint density at radius 3 is 2.67 bits per heavy atom. The van der Waals surface area contributed by atoms with Crippen LogP contribution in [0.3, 0.4) is 0 Å². The van der Waals surface area contributed by atoms with Crippen LogP contribution in [-0.2, 0) is 9.59 Å². The van der Waals surface area contributed by atoms with E-state index in [0.29, 0.717) is 19.4 Å². The van der Waals surface area contributed by atoms with Crippen molar-refractivity contribution in [3.05, 3.63) is 0 Å². The van der Waals surface area contributed by atoms with Gasteiger partial charge in [-0.2, -0.15) is 11.8 Å². The third-order valence-corrected chi connectivity index (χ3v) is 6.19. The Kier molecular flexibility index (Phi) is 7.00. The molecule has 0 radical (unpaired) electrons. The highest BCUT2D eigenvalue weighted by Crippen LogP contribution is 2.42. The summed E-state index contributed by atoms with van der Waals surface area (Å²) in [6, 6.07) is 0. The summed E-state index contributed by atoms with van der Waals surface area (Å²) in [5.74, 6) is -0.266. The van der Waals surface area contributed by atoms with Gasteiger partial charge in [-0.25, -0.2) is 0 Å². The Bertz CT molecular complexity index is 372. The Hall–Kier alpha value is -0.750. The van der Waals surface area contributed by atoms with E-state index in [2.05, 4.69) is 13.8 Å². The Morgan fingerprint density at radius 2 is 2.14 bits per heavy atom. The van der Waals surface area contributed by atoms with Crippen molar-refractivity contribution < 1.29 is 14.7 Å². The first-order valence-electron chi connectivity index (χ1n) is 7.66. The maximum Gasteiger partial charge on any atom is 0.225 e. The van der Waals surface area contributed by atoms with Crippen LogP contribution >= 0.6 is 11.8 Å². The predicted molar refractivity (Wildman–Crippen MR) is 85.7 cm³/mol. The number of rotatable bonds is 9. The van der Waals surface area contributed by atoms with Gasteiger partial charge in [-0.05, 0) is 32.4 Å². The number of hydrogen-bond acceptors (Lipinski definition) is 4. The van der Waals surface area contributed by atoms with E-state index < -0.39 is 6.23 Å². The maximum atomic E-state index is 12.1. The van der Waals surface area contributed by atoms with Crippen molar-refractivity contribution in [1.82, 2.24) is 4.90 Å². The molecule has 3 N–H and O–H groups in total. The first-order valence-corrected chi connectivity index (χ1v) is 8.89. The lowest BCUT2D eigenvalue weighted by Gasteiger charge is -2.35. The fraction of sp³-hybridized carbons (Fsp3) is 0.867. The fourth-order valence-corrected chi connectivity index (χ4v) is 3.68. The molecule has 1 aliphatic rings. The number of hydrogen-bond donors (Lipinski definition) is 2. The molecule has 1 fully saturated rings. The van der Waals surface area contributed by atoms with Crippen LogP contribution in [0.15, 0.2) is 0 Å². The second-order valence-corrected chi connectivity index (χ2v) is 7.30. The van der Waals surface area contributed by atoms with E-state index in [1.807, 2.05) is 6.26 Å². The average Bonchev–Trinajstić information content (AvgIpc) is 2.74. The lowest BCUT2D eigenvalue weighted by molar-refractivity contribution is -0.133. The molecule has 2 amide bonds. The highest BCUT2D eigenvalue weighted by atomic mass is 32.2. The largest absolute Gasteiger partial charge is 0.373 e. The molecule has 3 unspecified atom stereocenters. The van der Waals surface area contributed by atoms with Crippen LogP contribution in [0.2, 0.25) is 0 Å². The molecule has 0 bridgehead atoms. The molecule has 0 saturated carbocycles. The van der Waals surface area contributed by atoms with Gasteiger partial charge >= 0.3 is 0 Å². The van der Waals surface area contributed by atoms with Crippen LogP contribution in [0.4, 0.5) is 0 Å². The van der Waals surface area contributed by atoms with Crippen molar-refractivity contribution in [2.75, 3.05) is 12.8 Å². The van der Waals surface area contributed by atoms with E-state index in [-0.39, 0.29) is 22.5 Å². The molecule has 1 rings (SSSR count). The first kappa shape index (κ1) is 18.3. The number of thioether (sulfide) groups is 1. The zero-order valence-corrected chi connectivity index (χ0v) is 14.1. The minimum atomic E-state index is -0.689. The molecule has 1 aliphatic heterocycles. The number of unbranched alkanes of at least 4 members (excludes halogenated alkanes) is 2. The molecule has 1 saturated heterocycles. The van der Waals surface area contributed by atoms with Gasteiger partial charge in [-0.1, -0.05) is 13.3 Å². The lowest BCUT2D eigenvalue weighted by atomic mass is 9.88. The van der Waals surface area contributed by atoms with Gasteiger partial charge in [0.25, 0.3) is 0 Å². The summed E-state index contributed by atoms with van der Waals surface area (Å²) in [6.07, 6.45) is 5.47. The zero-order valence-electron chi connectivity index (χ0n) is 13.3. The minimum absolute atomic E-state index is 0.0179. The number of aliphatic hydroxyl groups is 1. The number of carbonyl (C=O) groups excluding carboxylic acids is 2. The number of primary amides is 1. The first-order chi connectivity index (χ1) is 9.85. The van der Waals surface area contributed by atoms with Crippen molar-refractivity contribution in [2.45, 2.75) is 63.3 Å². The minimum Gasteiger partial charge on any atom is -0.373 e. The highest BCUT2D eigenvalue weighted by Gasteiger charge is 2.47. The van der Waals surface area contributed by atoms with E-state index in [1.165, 1.54) is 0 Å². The van der Waals surface area contributed by atoms with Gasteiger partial charge in [0.05, 0.1) is 0 Å². The highest BCUT2D eigenvalue weighted by molar-refractivity contribution is 8.00. The molecule has 3 atom stereocenters. The van der Waals surface area contributed by atoms with E-state index >= 15 is 0 Å². The molecule has 0 aliphatic carbocycles. The summed E-state index contributed by atoms with van der Waals surface area (Å²) in [4.78, 5) is 24.4. The van der Waals surface area contributed by atoms with Gasteiger partial charge in [0, 0.05) is 30.1 Å². The molecule has 1 heterocycles. The summed E-state index contributed by atoms with van der Waals surface area (Å²) in [5, 5.41) is 10.5. The molecular formula is C15H28N2O3S. The van der Waals surface area contributed by atoms with E-state index in [4.69, 9.17) is 5.73 Å².